The van der Waals surface area contributed by atoms with Crippen molar-refractivity contribution < 1.29 is 29.0 Å². The molecule has 5 unspecified atom stereocenters. The molecule has 8 N–H and O–H groups in total. The van der Waals surface area contributed by atoms with E-state index in [1.54, 1.807) is 39.5 Å². The molecule has 2 saturated heterocycles. The summed E-state index contributed by atoms with van der Waals surface area (Å²) in [4.78, 5) is 56.9. The lowest BCUT2D eigenvalue weighted by atomic mass is 9.92. The van der Waals surface area contributed by atoms with Gasteiger partial charge in [0.1, 0.15) is 23.7 Å². The number of benzene rings is 2. The maximum atomic E-state index is 14.7. The summed E-state index contributed by atoms with van der Waals surface area (Å²) < 4.78 is 5.37. The lowest BCUT2D eigenvalue weighted by molar-refractivity contribution is -0.144. The Hall–Kier alpha value is -4.62. The molecule has 2 heterocycles. The smallest absolute Gasteiger partial charge is 0.408 e. The molecule has 4 rings (SSSR count). The number of aliphatic hydroxyl groups is 1. The quantitative estimate of drug-likeness (QED) is 0.134. The highest BCUT2D eigenvalue weighted by molar-refractivity contribution is 5.95. The summed E-state index contributed by atoms with van der Waals surface area (Å²) in [6, 6.07) is 15.9. The van der Waals surface area contributed by atoms with E-state index in [9.17, 15) is 24.3 Å². The number of ether oxygens (including phenoxy) is 1. The van der Waals surface area contributed by atoms with Crippen molar-refractivity contribution >= 4 is 23.8 Å². The molecule has 2 fully saturated rings. The number of hydrazine groups is 1. The van der Waals surface area contributed by atoms with Crippen molar-refractivity contribution in [1.29, 1.82) is 0 Å². The second kappa shape index (κ2) is 17.5. The Kier molecular flexibility index (Phi) is 13.5. The van der Waals surface area contributed by atoms with Gasteiger partial charge in [0.05, 0.1) is 17.8 Å². The maximum Gasteiger partial charge on any atom is 0.408 e. The van der Waals surface area contributed by atoms with E-state index < -0.39 is 59.7 Å². The van der Waals surface area contributed by atoms with Gasteiger partial charge in [0.25, 0.3) is 0 Å². The highest BCUT2D eigenvalue weighted by Gasteiger charge is 2.48. The Morgan fingerprint density at radius 3 is 2.10 bits per heavy atom. The number of fused-ring (bicyclic) bond motifs is 1. The summed E-state index contributed by atoms with van der Waals surface area (Å²) in [6.07, 6.45) is 2.64. The average molecular weight is 706 g/mol. The molecule has 13 heteroatoms. The lowest BCUT2D eigenvalue weighted by Gasteiger charge is -2.34. The van der Waals surface area contributed by atoms with Crippen molar-refractivity contribution in [2.45, 2.75) is 115 Å². The normalized spacial score (nSPS) is 22.0. The van der Waals surface area contributed by atoms with Crippen LogP contribution in [0, 0.1) is 5.92 Å². The summed E-state index contributed by atoms with van der Waals surface area (Å²) in [7, 11) is 0. The Morgan fingerprint density at radius 2 is 1.55 bits per heavy atom. The van der Waals surface area contributed by atoms with E-state index in [-0.39, 0.29) is 30.6 Å². The number of carbonyl (C=O) groups is 4. The third-order valence-corrected chi connectivity index (χ3v) is 9.47. The van der Waals surface area contributed by atoms with Gasteiger partial charge in [0.2, 0.25) is 17.7 Å². The standard InChI is InChI=1S/C38H55N7O6/c1-6-29(41-37(50)51-38(3,4)5)34(47)43-33-26(22-44(40)23-28(39)31(46)7-2)18-19-27-20-21-30(45(27)36(33)49)35(48)42-32(24-14-10-8-11-15-24)25-16-12-9-13-17-25/h8-17,23,26-27,29-33,46H,6-7,18-22,39-40H2,1-5H3,(H,41,50)(H,42,48)(H,43,47)/b28-23-/t26?,27?,29-,30?,31?,33?/m0/s1. The first-order valence-electron chi connectivity index (χ1n) is 17.9. The van der Waals surface area contributed by atoms with Crippen LogP contribution in [-0.2, 0) is 19.1 Å². The summed E-state index contributed by atoms with van der Waals surface area (Å²) in [5, 5.41) is 20.3. The zero-order valence-electron chi connectivity index (χ0n) is 30.4. The summed E-state index contributed by atoms with van der Waals surface area (Å²) in [6.45, 7) is 8.84. The maximum absolute atomic E-state index is 14.7. The van der Waals surface area contributed by atoms with Crippen molar-refractivity contribution in [3.05, 3.63) is 83.7 Å². The number of hydrogen-bond donors (Lipinski definition) is 6. The molecule has 13 nitrogen and oxygen atoms in total. The van der Waals surface area contributed by atoms with E-state index in [0.717, 1.165) is 11.1 Å². The zero-order valence-corrected chi connectivity index (χ0v) is 30.4. The van der Waals surface area contributed by atoms with Crippen molar-refractivity contribution in [2.75, 3.05) is 6.54 Å². The fourth-order valence-corrected chi connectivity index (χ4v) is 6.85. The molecule has 0 radical (unpaired) electrons. The minimum absolute atomic E-state index is 0.131. The molecule has 0 aromatic heterocycles. The molecule has 2 aromatic carbocycles. The van der Waals surface area contributed by atoms with Crippen molar-refractivity contribution in [3.63, 3.8) is 0 Å². The molecule has 0 spiro atoms. The van der Waals surface area contributed by atoms with E-state index in [4.69, 9.17) is 16.3 Å². The van der Waals surface area contributed by atoms with Gasteiger partial charge >= 0.3 is 6.09 Å². The molecule has 2 aliphatic rings. The Balaban J connectivity index is 1.62. The third kappa shape index (κ3) is 10.5. The van der Waals surface area contributed by atoms with Gasteiger partial charge in [-0.1, -0.05) is 74.5 Å². The first-order valence-corrected chi connectivity index (χ1v) is 17.9. The van der Waals surface area contributed by atoms with E-state index in [2.05, 4.69) is 16.0 Å². The minimum atomic E-state index is -1.07. The fourth-order valence-electron chi connectivity index (χ4n) is 6.85. The van der Waals surface area contributed by atoms with Crippen LogP contribution in [0.25, 0.3) is 0 Å². The minimum Gasteiger partial charge on any atom is -0.444 e. The van der Waals surface area contributed by atoms with Gasteiger partial charge in [0.15, 0.2) is 0 Å². The molecule has 6 atom stereocenters. The highest BCUT2D eigenvalue weighted by Crippen LogP contribution is 2.35. The molecule has 0 bridgehead atoms. The van der Waals surface area contributed by atoms with Crippen LogP contribution in [0.15, 0.2) is 72.6 Å². The Labute approximate surface area is 301 Å². The molecule has 278 valence electrons. The molecule has 2 aromatic rings. The Bertz CT molecular complexity index is 1480. The van der Waals surface area contributed by atoms with Crippen LogP contribution in [0.1, 0.15) is 90.3 Å². The molecule has 51 heavy (non-hydrogen) atoms. The van der Waals surface area contributed by atoms with Crippen LogP contribution in [0.2, 0.25) is 0 Å². The van der Waals surface area contributed by atoms with Gasteiger partial charge < -0.3 is 41.4 Å². The average Bonchev–Trinajstić information content (AvgIpc) is 3.48. The molecular weight excluding hydrogens is 650 g/mol. The highest BCUT2D eigenvalue weighted by atomic mass is 16.6. The van der Waals surface area contributed by atoms with Crippen molar-refractivity contribution in [1.82, 2.24) is 25.9 Å². The van der Waals surface area contributed by atoms with Crippen molar-refractivity contribution in [3.8, 4) is 0 Å². The molecular formula is C38H55N7O6. The van der Waals surface area contributed by atoms with Gasteiger partial charge in [-0.15, -0.1) is 0 Å². The largest absolute Gasteiger partial charge is 0.444 e. The predicted octanol–water partition coefficient (Wildman–Crippen LogP) is 3.20. The van der Waals surface area contributed by atoms with Crippen LogP contribution in [0.5, 0.6) is 0 Å². The fraction of sp³-hybridized carbons (Fsp3) is 0.526. The molecule has 0 saturated carbocycles. The first-order chi connectivity index (χ1) is 24.2. The lowest BCUT2D eigenvalue weighted by Crippen LogP contribution is -2.60. The van der Waals surface area contributed by atoms with Crippen LogP contribution >= 0.6 is 0 Å². The van der Waals surface area contributed by atoms with Gasteiger partial charge in [-0.25, -0.2) is 10.6 Å². The van der Waals surface area contributed by atoms with E-state index in [0.29, 0.717) is 32.1 Å². The topological polar surface area (TPSA) is 192 Å². The number of carbonyl (C=O) groups excluding carboxylic acids is 4. The summed E-state index contributed by atoms with van der Waals surface area (Å²) in [5.41, 5.74) is 7.28. The zero-order chi connectivity index (χ0) is 37.3. The van der Waals surface area contributed by atoms with Gasteiger partial charge in [-0.2, -0.15) is 0 Å². The monoisotopic (exact) mass is 705 g/mol. The SMILES string of the molecule is CCC(O)/C(N)=C/N(N)CC1CCC2CCC(C(=O)NC(c3ccccc3)c3ccccc3)N2C(=O)C1NC(=O)[C@H](CC)NC(=O)OC(C)(C)C. The third-order valence-electron chi connectivity index (χ3n) is 9.47. The van der Waals surface area contributed by atoms with Crippen LogP contribution in [0.4, 0.5) is 4.79 Å². The van der Waals surface area contributed by atoms with E-state index >= 15 is 0 Å². The number of nitrogens with zero attached hydrogens (tertiary/aromatic N) is 2. The second-order valence-corrected chi connectivity index (χ2v) is 14.4. The number of alkyl carbamates (subject to hydrolysis) is 1. The summed E-state index contributed by atoms with van der Waals surface area (Å²) >= 11 is 0. The van der Waals surface area contributed by atoms with Gasteiger partial charge in [-0.3, -0.25) is 14.4 Å². The number of amides is 4. The first kappa shape index (κ1) is 39.2. The summed E-state index contributed by atoms with van der Waals surface area (Å²) in [5.74, 6) is 4.63. The molecule has 4 amide bonds. The number of rotatable bonds is 13. The van der Waals surface area contributed by atoms with Gasteiger partial charge in [-0.05, 0) is 70.4 Å². The molecule has 0 aliphatic carbocycles. The molecule has 2 aliphatic heterocycles. The number of aliphatic hydroxyl groups excluding tert-OH is 1. The predicted molar refractivity (Wildman–Crippen MR) is 194 cm³/mol. The van der Waals surface area contributed by atoms with E-state index in [1.807, 2.05) is 60.7 Å². The van der Waals surface area contributed by atoms with Crippen LogP contribution in [0.3, 0.4) is 0 Å². The van der Waals surface area contributed by atoms with Crippen LogP contribution in [-0.4, -0.2) is 81.2 Å². The second-order valence-electron chi connectivity index (χ2n) is 14.4. The van der Waals surface area contributed by atoms with Crippen LogP contribution < -0.4 is 27.5 Å². The number of hydrogen-bond acceptors (Lipinski definition) is 9. The number of nitrogens with two attached hydrogens (primary N) is 2. The number of nitrogens with one attached hydrogen (secondary N) is 3. The Morgan fingerprint density at radius 1 is 0.961 bits per heavy atom. The van der Waals surface area contributed by atoms with Gasteiger partial charge in [0, 0.05) is 24.7 Å². The van der Waals surface area contributed by atoms with Crippen molar-refractivity contribution in [2.24, 2.45) is 17.5 Å². The van der Waals surface area contributed by atoms with E-state index in [1.165, 1.54) is 11.2 Å².